The highest BCUT2D eigenvalue weighted by molar-refractivity contribution is 7.92. The first-order chi connectivity index (χ1) is 8.57. The van der Waals surface area contributed by atoms with Gasteiger partial charge in [0.1, 0.15) is 0 Å². The van der Waals surface area contributed by atoms with Crippen LogP contribution in [0.5, 0.6) is 5.75 Å². The van der Waals surface area contributed by atoms with Gasteiger partial charge in [0, 0.05) is 5.39 Å². The Kier molecular flexibility index (Phi) is 3.43. The molecule has 0 unspecified atom stereocenters. The van der Waals surface area contributed by atoms with Crippen LogP contribution in [0.2, 0.25) is 0 Å². The molecule has 0 aliphatic rings. The number of sulfonamides is 1. The molecule has 96 valence electrons. The summed E-state index contributed by atoms with van der Waals surface area (Å²) < 4.78 is 31.1. The van der Waals surface area contributed by atoms with Gasteiger partial charge < -0.3 is 4.74 Å². The van der Waals surface area contributed by atoms with Gasteiger partial charge in [0.15, 0.2) is 5.75 Å². The number of methoxy groups -OCH3 is 1. The van der Waals surface area contributed by atoms with Gasteiger partial charge >= 0.3 is 0 Å². The van der Waals surface area contributed by atoms with Crippen molar-refractivity contribution in [1.82, 2.24) is 0 Å². The number of hydrogen-bond donors (Lipinski definition) is 1. The summed E-state index contributed by atoms with van der Waals surface area (Å²) in [6.45, 7) is 1.59. The molecule has 0 heterocycles. The van der Waals surface area contributed by atoms with Crippen LogP contribution in [0.4, 0.5) is 5.69 Å². The molecule has 0 saturated carbocycles. The van der Waals surface area contributed by atoms with Crippen LogP contribution in [-0.2, 0) is 10.0 Å². The normalized spacial score (nSPS) is 11.4. The van der Waals surface area contributed by atoms with Crippen LogP contribution in [-0.4, -0.2) is 21.3 Å². The minimum Gasteiger partial charge on any atom is -0.494 e. The zero-order chi connectivity index (χ0) is 13.2. The van der Waals surface area contributed by atoms with Gasteiger partial charge in [-0.25, -0.2) is 8.42 Å². The lowest BCUT2D eigenvalue weighted by Gasteiger charge is -2.13. The summed E-state index contributed by atoms with van der Waals surface area (Å²) >= 11 is 0. The lowest BCUT2D eigenvalue weighted by molar-refractivity contribution is 0.422. The molecule has 2 rings (SSSR count). The summed E-state index contributed by atoms with van der Waals surface area (Å²) in [5.74, 6) is 0.577. The molecule has 1 N–H and O–H groups in total. The van der Waals surface area contributed by atoms with E-state index < -0.39 is 10.0 Å². The SMILES string of the molecule is CCS(=O)(=O)Nc1ccc2ccccc2c1OC. The van der Waals surface area contributed by atoms with Gasteiger partial charge in [0.2, 0.25) is 10.0 Å². The van der Waals surface area contributed by atoms with Crippen molar-refractivity contribution in [3.05, 3.63) is 36.4 Å². The van der Waals surface area contributed by atoms with Crippen LogP contribution in [0.1, 0.15) is 6.92 Å². The van der Waals surface area contributed by atoms with E-state index in [2.05, 4.69) is 4.72 Å². The number of anilines is 1. The molecule has 0 radical (unpaired) electrons. The first-order valence-electron chi connectivity index (χ1n) is 5.63. The Morgan fingerprint density at radius 1 is 1.17 bits per heavy atom. The van der Waals surface area contributed by atoms with E-state index in [9.17, 15) is 8.42 Å². The lowest BCUT2D eigenvalue weighted by atomic mass is 10.1. The van der Waals surface area contributed by atoms with Crippen LogP contribution in [0, 0.1) is 0 Å². The Bertz CT molecular complexity index is 665. The summed E-state index contributed by atoms with van der Waals surface area (Å²) in [4.78, 5) is 0. The highest BCUT2D eigenvalue weighted by atomic mass is 32.2. The molecule has 0 amide bonds. The highest BCUT2D eigenvalue weighted by Gasteiger charge is 2.13. The van der Waals surface area contributed by atoms with E-state index in [0.717, 1.165) is 10.8 Å². The molecule has 2 aromatic carbocycles. The Balaban J connectivity index is 2.58. The Morgan fingerprint density at radius 2 is 1.89 bits per heavy atom. The Labute approximate surface area is 107 Å². The van der Waals surface area contributed by atoms with Crippen molar-refractivity contribution in [2.45, 2.75) is 6.92 Å². The van der Waals surface area contributed by atoms with E-state index in [-0.39, 0.29) is 5.75 Å². The van der Waals surface area contributed by atoms with Crippen molar-refractivity contribution in [3.63, 3.8) is 0 Å². The second kappa shape index (κ2) is 4.86. The third-order valence-corrected chi connectivity index (χ3v) is 4.02. The molecule has 0 aliphatic carbocycles. The molecule has 5 heteroatoms. The molecule has 2 aromatic rings. The molecule has 4 nitrogen and oxygen atoms in total. The quantitative estimate of drug-likeness (QED) is 0.924. The van der Waals surface area contributed by atoms with Crippen LogP contribution in [0.15, 0.2) is 36.4 Å². The molecular formula is C13H15NO3S. The van der Waals surface area contributed by atoms with Crippen molar-refractivity contribution < 1.29 is 13.2 Å². The maximum atomic E-state index is 11.6. The third-order valence-electron chi connectivity index (χ3n) is 2.73. The van der Waals surface area contributed by atoms with Gasteiger partial charge in [-0.1, -0.05) is 30.3 Å². The number of rotatable bonds is 4. The standard InChI is InChI=1S/C13H15NO3S/c1-3-18(15,16)14-12-9-8-10-6-4-5-7-11(10)13(12)17-2/h4-9,14H,3H2,1-2H3. The van der Waals surface area contributed by atoms with E-state index in [1.54, 1.807) is 13.0 Å². The smallest absolute Gasteiger partial charge is 0.232 e. The number of fused-ring (bicyclic) bond motifs is 1. The molecule has 0 fully saturated rings. The monoisotopic (exact) mass is 265 g/mol. The van der Waals surface area contributed by atoms with Gasteiger partial charge in [-0.3, -0.25) is 4.72 Å². The summed E-state index contributed by atoms with van der Waals surface area (Å²) in [6, 6.07) is 11.3. The zero-order valence-corrected chi connectivity index (χ0v) is 11.1. The van der Waals surface area contributed by atoms with Crippen LogP contribution < -0.4 is 9.46 Å². The average molecular weight is 265 g/mol. The number of ether oxygens (including phenoxy) is 1. The van der Waals surface area contributed by atoms with Crippen LogP contribution in [0.3, 0.4) is 0 Å². The maximum Gasteiger partial charge on any atom is 0.232 e. The minimum absolute atomic E-state index is 0.0307. The van der Waals surface area contributed by atoms with E-state index in [0.29, 0.717) is 11.4 Å². The third kappa shape index (κ3) is 2.41. The topological polar surface area (TPSA) is 55.4 Å². The van der Waals surface area contributed by atoms with Crippen LogP contribution >= 0.6 is 0 Å². The van der Waals surface area contributed by atoms with E-state index >= 15 is 0 Å². The number of benzene rings is 2. The molecule has 0 atom stereocenters. The first kappa shape index (κ1) is 12.7. The van der Waals surface area contributed by atoms with Crippen LogP contribution in [0.25, 0.3) is 10.8 Å². The Hall–Kier alpha value is -1.75. The van der Waals surface area contributed by atoms with Crippen molar-refractivity contribution >= 4 is 26.5 Å². The van der Waals surface area contributed by atoms with Gasteiger partial charge in [-0.15, -0.1) is 0 Å². The molecule has 0 spiro atoms. The van der Waals surface area contributed by atoms with Crippen molar-refractivity contribution in [3.8, 4) is 5.75 Å². The summed E-state index contributed by atoms with van der Waals surface area (Å²) in [7, 11) is -1.77. The summed E-state index contributed by atoms with van der Waals surface area (Å²) in [5, 5.41) is 1.89. The maximum absolute atomic E-state index is 11.6. The van der Waals surface area contributed by atoms with Gasteiger partial charge in [-0.05, 0) is 18.4 Å². The largest absolute Gasteiger partial charge is 0.494 e. The fraction of sp³-hybridized carbons (Fsp3) is 0.231. The summed E-state index contributed by atoms with van der Waals surface area (Å²) in [6.07, 6.45) is 0. The zero-order valence-electron chi connectivity index (χ0n) is 10.3. The predicted molar refractivity (Wildman–Crippen MR) is 73.6 cm³/mol. The second-order valence-corrected chi connectivity index (χ2v) is 5.88. The fourth-order valence-corrected chi connectivity index (χ4v) is 2.42. The lowest BCUT2D eigenvalue weighted by Crippen LogP contribution is -2.15. The van der Waals surface area contributed by atoms with Gasteiger partial charge in [-0.2, -0.15) is 0 Å². The number of nitrogens with one attached hydrogen (secondary N) is 1. The second-order valence-electron chi connectivity index (χ2n) is 3.87. The average Bonchev–Trinajstić information content (AvgIpc) is 2.38. The van der Waals surface area contributed by atoms with E-state index in [1.165, 1.54) is 7.11 Å². The first-order valence-corrected chi connectivity index (χ1v) is 7.29. The van der Waals surface area contributed by atoms with Crippen molar-refractivity contribution in [2.24, 2.45) is 0 Å². The highest BCUT2D eigenvalue weighted by Crippen LogP contribution is 2.33. The molecule has 18 heavy (non-hydrogen) atoms. The predicted octanol–water partition coefficient (Wildman–Crippen LogP) is 2.61. The van der Waals surface area contributed by atoms with Crippen molar-refractivity contribution in [2.75, 3.05) is 17.6 Å². The molecule has 0 saturated heterocycles. The fourth-order valence-electron chi connectivity index (χ4n) is 1.78. The molecule has 0 aliphatic heterocycles. The summed E-state index contributed by atoms with van der Waals surface area (Å²) in [5.41, 5.74) is 0.470. The molecule has 0 bridgehead atoms. The van der Waals surface area contributed by atoms with Gasteiger partial charge in [0.25, 0.3) is 0 Å². The molecular weight excluding hydrogens is 250 g/mol. The van der Waals surface area contributed by atoms with E-state index in [1.807, 2.05) is 30.3 Å². The Morgan fingerprint density at radius 3 is 2.56 bits per heavy atom. The van der Waals surface area contributed by atoms with E-state index in [4.69, 9.17) is 4.74 Å². The number of hydrogen-bond acceptors (Lipinski definition) is 3. The van der Waals surface area contributed by atoms with Crippen molar-refractivity contribution in [1.29, 1.82) is 0 Å². The van der Waals surface area contributed by atoms with Gasteiger partial charge in [0.05, 0.1) is 18.6 Å². The minimum atomic E-state index is -3.30. The molecule has 0 aromatic heterocycles.